The molecule has 0 saturated carbocycles. The van der Waals surface area contributed by atoms with Crippen LogP contribution in [0.5, 0.6) is 0 Å². The number of hydrogen-bond donors (Lipinski definition) is 2. The zero-order valence-corrected chi connectivity index (χ0v) is 13.6. The van der Waals surface area contributed by atoms with Gasteiger partial charge in [-0.3, -0.25) is 9.58 Å². The van der Waals surface area contributed by atoms with Gasteiger partial charge >= 0.3 is 0 Å². The van der Waals surface area contributed by atoms with E-state index in [1.54, 1.807) is 6.20 Å². The summed E-state index contributed by atoms with van der Waals surface area (Å²) in [6.45, 7) is 1.85. The molecule has 2 N–H and O–H groups in total. The molecule has 1 aromatic carbocycles. The Morgan fingerprint density at radius 1 is 1.33 bits per heavy atom. The molecule has 6 nitrogen and oxygen atoms in total. The second-order valence-electron chi connectivity index (χ2n) is 6.35. The number of aromatic amines is 1. The highest BCUT2D eigenvalue weighted by Crippen LogP contribution is 2.23. The van der Waals surface area contributed by atoms with Crippen LogP contribution >= 0.6 is 0 Å². The molecule has 7 heteroatoms. The zero-order chi connectivity index (χ0) is 16.5. The summed E-state index contributed by atoms with van der Waals surface area (Å²) < 4.78 is 15.8. The molecular weight excluding hydrogens is 307 g/mol. The number of aryl methyl sites for hydroxylation is 1. The van der Waals surface area contributed by atoms with Gasteiger partial charge in [0, 0.05) is 38.9 Å². The number of alkyl halides is 1. The van der Waals surface area contributed by atoms with Gasteiger partial charge in [0.05, 0.1) is 16.7 Å². The molecule has 1 aliphatic rings. The topological polar surface area (TPSA) is 61.8 Å². The molecule has 0 radical (unpaired) electrons. The number of para-hydroxylation sites is 2. The summed E-state index contributed by atoms with van der Waals surface area (Å²) in [7, 11) is 1.92. The maximum atomic E-state index is 13.9. The van der Waals surface area contributed by atoms with Gasteiger partial charge in [0.2, 0.25) is 5.95 Å². The predicted molar refractivity (Wildman–Crippen MR) is 91.5 cm³/mol. The molecule has 4 rings (SSSR count). The number of nitrogens with one attached hydrogen (secondary N) is 2. The quantitative estimate of drug-likeness (QED) is 0.754. The van der Waals surface area contributed by atoms with Crippen molar-refractivity contribution in [2.45, 2.75) is 25.2 Å². The Morgan fingerprint density at radius 2 is 2.21 bits per heavy atom. The molecule has 1 fully saturated rings. The van der Waals surface area contributed by atoms with Gasteiger partial charge in [-0.25, -0.2) is 9.37 Å². The van der Waals surface area contributed by atoms with E-state index in [9.17, 15) is 4.39 Å². The van der Waals surface area contributed by atoms with Gasteiger partial charge in [0.25, 0.3) is 0 Å². The Bertz CT molecular complexity index is 792. The fourth-order valence-electron chi connectivity index (χ4n) is 3.34. The van der Waals surface area contributed by atoms with Crippen molar-refractivity contribution < 1.29 is 4.39 Å². The molecule has 0 spiro atoms. The van der Waals surface area contributed by atoms with Crippen molar-refractivity contribution in [2.24, 2.45) is 7.05 Å². The van der Waals surface area contributed by atoms with E-state index in [4.69, 9.17) is 0 Å². The summed E-state index contributed by atoms with van der Waals surface area (Å²) >= 11 is 0. The van der Waals surface area contributed by atoms with Crippen LogP contribution in [0.1, 0.15) is 12.1 Å². The van der Waals surface area contributed by atoms with Crippen LogP contribution < -0.4 is 5.32 Å². The molecular formula is C17H21FN6. The highest BCUT2D eigenvalue weighted by molar-refractivity contribution is 5.77. The summed E-state index contributed by atoms with van der Waals surface area (Å²) in [6.07, 6.45) is 1.55. The van der Waals surface area contributed by atoms with Crippen LogP contribution in [-0.4, -0.2) is 50.0 Å². The average Bonchev–Trinajstić information content (AvgIpc) is 3.25. The van der Waals surface area contributed by atoms with Crippen LogP contribution in [-0.2, 0) is 13.6 Å². The SMILES string of the molecule is Cn1nccc1CN1C[C@@H](F)C[C@H]1CNc1nc2ccccc2[nH]1. The highest BCUT2D eigenvalue weighted by Gasteiger charge is 2.32. The van der Waals surface area contributed by atoms with Gasteiger partial charge in [0.15, 0.2) is 0 Å². The van der Waals surface area contributed by atoms with Crippen molar-refractivity contribution in [2.75, 3.05) is 18.4 Å². The number of fused-ring (bicyclic) bond motifs is 1. The highest BCUT2D eigenvalue weighted by atomic mass is 19.1. The molecule has 1 saturated heterocycles. The van der Waals surface area contributed by atoms with Crippen LogP contribution in [0.2, 0.25) is 0 Å². The summed E-state index contributed by atoms with van der Waals surface area (Å²) in [6, 6.07) is 10.0. The molecule has 126 valence electrons. The second-order valence-corrected chi connectivity index (χ2v) is 6.35. The maximum Gasteiger partial charge on any atom is 0.201 e. The molecule has 2 atom stereocenters. The first-order valence-electron chi connectivity index (χ1n) is 8.22. The van der Waals surface area contributed by atoms with E-state index in [1.807, 2.05) is 42.1 Å². The lowest BCUT2D eigenvalue weighted by Crippen LogP contribution is -2.35. The zero-order valence-electron chi connectivity index (χ0n) is 13.6. The number of H-pyrrole nitrogens is 1. The number of anilines is 1. The number of rotatable bonds is 5. The van der Waals surface area contributed by atoms with E-state index in [1.165, 1.54) is 0 Å². The minimum Gasteiger partial charge on any atom is -0.354 e. The van der Waals surface area contributed by atoms with Crippen LogP contribution in [0, 0.1) is 0 Å². The molecule has 0 bridgehead atoms. The van der Waals surface area contributed by atoms with Gasteiger partial charge in [0.1, 0.15) is 6.17 Å². The maximum absolute atomic E-state index is 13.9. The number of hydrogen-bond acceptors (Lipinski definition) is 4. The van der Waals surface area contributed by atoms with E-state index in [0.717, 1.165) is 22.7 Å². The van der Waals surface area contributed by atoms with Crippen molar-refractivity contribution >= 4 is 17.0 Å². The molecule has 3 heterocycles. The Kier molecular flexibility index (Phi) is 3.93. The number of halogens is 1. The summed E-state index contributed by atoms with van der Waals surface area (Å²) in [4.78, 5) is 9.94. The fourth-order valence-corrected chi connectivity index (χ4v) is 3.34. The Hall–Kier alpha value is -2.41. The third kappa shape index (κ3) is 2.99. The van der Waals surface area contributed by atoms with Crippen molar-refractivity contribution in [3.63, 3.8) is 0 Å². The molecule has 0 unspecified atom stereocenters. The third-order valence-electron chi connectivity index (χ3n) is 4.66. The van der Waals surface area contributed by atoms with Gasteiger partial charge < -0.3 is 10.3 Å². The molecule has 24 heavy (non-hydrogen) atoms. The third-order valence-corrected chi connectivity index (χ3v) is 4.66. The Morgan fingerprint density at radius 3 is 3.00 bits per heavy atom. The van der Waals surface area contributed by atoms with Crippen molar-refractivity contribution in [1.29, 1.82) is 0 Å². The normalized spacial score (nSPS) is 21.6. The summed E-state index contributed by atoms with van der Waals surface area (Å²) in [5.41, 5.74) is 3.03. The first-order valence-corrected chi connectivity index (χ1v) is 8.22. The van der Waals surface area contributed by atoms with Crippen LogP contribution in [0.3, 0.4) is 0 Å². The smallest absolute Gasteiger partial charge is 0.201 e. The molecule has 0 amide bonds. The number of benzene rings is 1. The van der Waals surface area contributed by atoms with Gasteiger partial charge in [-0.05, 0) is 24.6 Å². The van der Waals surface area contributed by atoms with E-state index >= 15 is 0 Å². The molecule has 0 aliphatic carbocycles. The first kappa shape index (κ1) is 15.1. The lowest BCUT2D eigenvalue weighted by Gasteiger charge is -2.24. The number of nitrogens with zero attached hydrogens (tertiary/aromatic N) is 4. The van der Waals surface area contributed by atoms with Crippen molar-refractivity contribution in [3.8, 4) is 0 Å². The van der Waals surface area contributed by atoms with Gasteiger partial charge in [-0.1, -0.05) is 12.1 Å². The van der Waals surface area contributed by atoms with Crippen LogP contribution in [0.25, 0.3) is 11.0 Å². The number of aromatic nitrogens is 4. The van der Waals surface area contributed by atoms with Crippen LogP contribution in [0.4, 0.5) is 10.3 Å². The summed E-state index contributed by atoms with van der Waals surface area (Å²) in [5, 5.41) is 7.51. The molecule has 2 aromatic heterocycles. The van der Waals surface area contributed by atoms with E-state index in [0.29, 0.717) is 26.1 Å². The minimum atomic E-state index is -0.777. The first-order chi connectivity index (χ1) is 11.7. The largest absolute Gasteiger partial charge is 0.354 e. The summed E-state index contributed by atoms with van der Waals surface area (Å²) in [5.74, 6) is 0.735. The van der Waals surface area contributed by atoms with Crippen LogP contribution in [0.15, 0.2) is 36.5 Å². The lowest BCUT2D eigenvalue weighted by atomic mass is 10.2. The monoisotopic (exact) mass is 328 g/mol. The van der Waals surface area contributed by atoms with E-state index in [-0.39, 0.29) is 6.04 Å². The Labute approximate surface area is 139 Å². The number of imidazole rings is 1. The molecule has 1 aliphatic heterocycles. The van der Waals surface area contributed by atoms with Crippen molar-refractivity contribution in [1.82, 2.24) is 24.6 Å². The molecule has 3 aromatic rings. The minimum absolute atomic E-state index is 0.142. The van der Waals surface area contributed by atoms with Crippen molar-refractivity contribution in [3.05, 3.63) is 42.2 Å². The Balaban J connectivity index is 1.43. The standard InChI is InChI=1S/C17H21FN6/c1-23-13(6-7-20-23)11-24-10-12(18)8-14(24)9-19-17-21-15-4-2-3-5-16(15)22-17/h2-7,12,14H,8-11H2,1H3,(H2,19,21,22)/t12-,14-/m0/s1. The number of likely N-dealkylation sites (tertiary alicyclic amines) is 1. The lowest BCUT2D eigenvalue weighted by molar-refractivity contribution is 0.235. The predicted octanol–water partition coefficient (Wildman–Crippen LogP) is 2.32. The fraction of sp³-hybridized carbons (Fsp3) is 0.412. The van der Waals surface area contributed by atoms with Gasteiger partial charge in [-0.15, -0.1) is 0 Å². The average molecular weight is 328 g/mol. The van der Waals surface area contributed by atoms with Gasteiger partial charge in [-0.2, -0.15) is 5.10 Å². The second kappa shape index (κ2) is 6.24. The van der Waals surface area contributed by atoms with E-state index in [2.05, 4.69) is 25.3 Å². The van der Waals surface area contributed by atoms with E-state index < -0.39 is 6.17 Å².